The van der Waals surface area contributed by atoms with Crippen LogP contribution in [0.2, 0.25) is 0 Å². The number of anilines is 1. The number of rotatable bonds is 9. The molecule has 1 aliphatic carbocycles. The van der Waals surface area contributed by atoms with Gasteiger partial charge in [0, 0.05) is 30.2 Å². The van der Waals surface area contributed by atoms with Gasteiger partial charge >= 0.3 is 0 Å². The predicted molar refractivity (Wildman–Crippen MR) is 201 cm³/mol. The average Bonchev–Trinajstić information content (AvgIpc) is 3.80. The number of hydrogen-bond donors (Lipinski definition) is 1. The Bertz CT molecular complexity index is 2370. The van der Waals surface area contributed by atoms with Gasteiger partial charge in [0.25, 0.3) is 0 Å². The Hall–Kier alpha value is -4.45. The number of thiazole rings is 1. The van der Waals surface area contributed by atoms with Gasteiger partial charge in [-0.2, -0.15) is 0 Å². The van der Waals surface area contributed by atoms with Crippen LogP contribution < -0.4 is 5.32 Å². The summed E-state index contributed by atoms with van der Waals surface area (Å²) in [6.45, 7) is 1.88. The molecule has 0 spiro atoms. The minimum Gasteiger partial charge on any atom is -0.325 e. The van der Waals surface area contributed by atoms with Gasteiger partial charge in [-0.05, 0) is 78.8 Å². The van der Waals surface area contributed by atoms with Crippen molar-refractivity contribution in [2.24, 2.45) is 7.05 Å². The number of fused-ring (bicyclic) bond motifs is 5. The summed E-state index contributed by atoms with van der Waals surface area (Å²) in [5.74, 6) is 1.13. The van der Waals surface area contributed by atoms with E-state index in [1.165, 1.54) is 74.3 Å². The summed E-state index contributed by atoms with van der Waals surface area (Å²) in [7, 11) is 1.95. The fourth-order valence-corrected chi connectivity index (χ4v) is 9.48. The first-order valence-corrected chi connectivity index (χ1v) is 19.1. The summed E-state index contributed by atoms with van der Waals surface area (Å²) in [5, 5.41) is 15.8. The lowest BCUT2D eigenvalue weighted by Crippen LogP contribution is -2.22. The van der Waals surface area contributed by atoms with E-state index in [9.17, 15) is 9.59 Å². The monoisotopic (exact) mass is 702 g/mol. The number of carbonyl (C=O) groups is 2. The minimum atomic E-state index is -0.391. The van der Waals surface area contributed by atoms with E-state index in [0.717, 1.165) is 45.2 Å². The van der Waals surface area contributed by atoms with Crippen molar-refractivity contribution in [2.45, 2.75) is 53.8 Å². The highest BCUT2D eigenvalue weighted by Gasteiger charge is 2.24. The van der Waals surface area contributed by atoms with Crippen molar-refractivity contribution in [2.75, 3.05) is 11.1 Å². The van der Waals surface area contributed by atoms with Crippen LogP contribution in [0.1, 0.15) is 47.2 Å². The summed E-state index contributed by atoms with van der Waals surface area (Å²) < 4.78 is 5.71. The number of para-hydroxylation sites is 1. The molecule has 7 aromatic rings. The number of aromatic nitrogens is 5. The minimum absolute atomic E-state index is 0.0895. The van der Waals surface area contributed by atoms with Crippen molar-refractivity contribution < 1.29 is 9.59 Å². The maximum absolute atomic E-state index is 13.6. The van der Waals surface area contributed by atoms with Crippen LogP contribution in [0.25, 0.3) is 31.9 Å². The predicted octanol–water partition coefficient (Wildman–Crippen LogP) is 8.55. The molecule has 11 heteroatoms. The second-order valence-corrected chi connectivity index (χ2v) is 15.9. The number of amides is 1. The number of benzene rings is 4. The van der Waals surface area contributed by atoms with Crippen molar-refractivity contribution in [3.05, 3.63) is 108 Å². The van der Waals surface area contributed by atoms with Crippen molar-refractivity contribution in [1.82, 2.24) is 24.3 Å². The van der Waals surface area contributed by atoms with Gasteiger partial charge in [-0.15, -0.1) is 21.5 Å². The Balaban J connectivity index is 0.910. The van der Waals surface area contributed by atoms with Gasteiger partial charge in [0.05, 0.1) is 26.7 Å². The molecule has 49 heavy (non-hydrogen) atoms. The molecule has 0 saturated heterocycles. The quantitative estimate of drug-likeness (QED) is 0.151. The van der Waals surface area contributed by atoms with Crippen LogP contribution >= 0.6 is 34.9 Å². The molecule has 0 fully saturated rings. The average molecular weight is 703 g/mol. The summed E-state index contributed by atoms with van der Waals surface area (Å²) in [4.78, 5) is 31.6. The van der Waals surface area contributed by atoms with Crippen LogP contribution in [0.4, 0.5) is 5.69 Å². The normalized spacial score (nSPS) is 13.6. The zero-order valence-electron chi connectivity index (χ0n) is 27.2. The third-order valence-corrected chi connectivity index (χ3v) is 12.5. The first kappa shape index (κ1) is 31.8. The summed E-state index contributed by atoms with van der Waals surface area (Å²) in [6, 6.07) is 28.7. The molecule has 246 valence electrons. The lowest BCUT2D eigenvalue weighted by molar-refractivity contribution is -0.115. The number of carbonyl (C=O) groups excluding carboxylic acids is 2. The van der Waals surface area contributed by atoms with Gasteiger partial charge in [-0.25, -0.2) is 4.98 Å². The van der Waals surface area contributed by atoms with Gasteiger partial charge in [0.2, 0.25) is 11.8 Å². The Morgan fingerprint density at radius 3 is 2.63 bits per heavy atom. The highest BCUT2D eigenvalue weighted by atomic mass is 32.2. The first-order valence-electron chi connectivity index (χ1n) is 16.4. The van der Waals surface area contributed by atoms with Crippen LogP contribution in [0.3, 0.4) is 0 Å². The van der Waals surface area contributed by atoms with Crippen LogP contribution in [0, 0.1) is 0 Å². The number of thioether (sulfide) groups is 2. The van der Waals surface area contributed by atoms with Gasteiger partial charge in [0.15, 0.2) is 9.50 Å². The maximum Gasteiger partial charge on any atom is 0.241 e. The third-order valence-electron chi connectivity index (χ3n) is 9.19. The van der Waals surface area contributed by atoms with E-state index in [-0.39, 0.29) is 11.8 Å². The molecule has 8 nitrogen and oxygen atoms in total. The van der Waals surface area contributed by atoms with Crippen LogP contribution in [-0.4, -0.2) is 47.1 Å². The second-order valence-electron chi connectivity index (χ2n) is 12.4. The Kier molecular flexibility index (Phi) is 8.73. The highest BCUT2D eigenvalue weighted by molar-refractivity contribution is 8.01. The van der Waals surface area contributed by atoms with Gasteiger partial charge in [-0.1, -0.05) is 84.2 Å². The molecule has 1 N–H and O–H groups in total. The smallest absolute Gasteiger partial charge is 0.241 e. The van der Waals surface area contributed by atoms with Gasteiger partial charge in [0.1, 0.15) is 5.82 Å². The molecule has 3 heterocycles. The molecule has 0 radical (unpaired) electrons. The van der Waals surface area contributed by atoms with E-state index < -0.39 is 5.25 Å². The molecule has 8 rings (SSSR count). The first-order chi connectivity index (χ1) is 23.9. The zero-order valence-corrected chi connectivity index (χ0v) is 29.6. The fraction of sp³-hybridized carbons (Fsp3) is 0.237. The zero-order chi connectivity index (χ0) is 33.5. The molecular weight excluding hydrogens is 669 g/mol. The molecule has 0 unspecified atom stereocenters. The SMILES string of the molecule is C[C@@H](Sc1nnc(Cc2cccc3ccccc23)n1C)C(=O)Nc1ccc2nc(SCC(=O)n3c4c(c5ccccc53)CCCC4)sc2c1. The number of nitrogens with zero attached hydrogens (tertiary/aromatic N) is 5. The molecule has 4 aromatic carbocycles. The highest BCUT2D eigenvalue weighted by Crippen LogP contribution is 2.35. The maximum atomic E-state index is 13.6. The molecular formula is C38H34N6O2S3. The van der Waals surface area contributed by atoms with E-state index in [2.05, 4.69) is 70.1 Å². The van der Waals surface area contributed by atoms with E-state index in [1.54, 1.807) is 0 Å². The fourth-order valence-electron chi connectivity index (χ4n) is 6.69. The van der Waals surface area contributed by atoms with Gasteiger partial charge < -0.3 is 9.88 Å². The number of aryl methyl sites for hydroxylation is 1. The van der Waals surface area contributed by atoms with E-state index >= 15 is 0 Å². The van der Waals surface area contributed by atoms with Crippen LogP contribution in [0.15, 0.2) is 94.4 Å². The van der Waals surface area contributed by atoms with Crippen LogP contribution in [0.5, 0.6) is 0 Å². The largest absolute Gasteiger partial charge is 0.325 e. The Labute approximate surface area is 296 Å². The molecule has 0 bridgehead atoms. The molecule has 1 atom stereocenters. The van der Waals surface area contributed by atoms with Crippen molar-refractivity contribution >= 4 is 84.3 Å². The van der Waals surface area contributed by atoms with Crippen molar-refractivity contribution in [3.8, 4) is 0 Å². The van der Waals surface area contributed by atoms with Crippen molar-refractivity contribution in [1.29, 1.82) is 0 Å². The van der Waals surface area contributed by atoms with E-state index in [0.29, 0.717) is 23.0 Å². The van der Waals surface area contributed by atoms with Crippen LogP contribution in [-0.2, 0) is 31.1 Å². The Morgan fingerprint density at radius 2 is 1.73 bits per heavy atom. The third kappa shape index (κ3) is 6.26. The lowest BCUT2D eigenvalue weighted by Gasteiger charge is -2.14. The molecule has 1 aliphatic rings. The second kappa shape index (κ2) is 13.5. The molecule has 3 aromatic heterocycles. The number of nitrogens with one attached hydrogen (secondary N) is 1. The molecule has 0 saturated carbocycles. The van der Waals surface area contributed by atoms with Crippen molar-refractivity contribution in [3.63, 3.8) is 0 Å². The summed E-state index contributed by atoms with van der Waals surface area (Å²) >= 11 is 4.40. The van der Waals surface area contributed by atoms with Gasteiger partial charge in [-0.3, -0.25) is 14.2 Å². The molecule has 1 amide bonds. The van der Waals surface area contributed by atoms with E-state index in [1.807, 2.05) is 53.4 Å². The Morgan fingerprint density at radius 1 is 0.939 bits per heavy atom. The standard InChI is InChI=1S/C38H34N6O2S3/c1-23(48-37-42-41-34(43(37)2)20-25-12-9-11-24-10-3-4-13-27(24)25)36(46)39-26-18-19-30-33(21-26)49-38(40-30)47-22-35(45)44-31-16-7-5-14-28(31)29-15-6-8-17-32(29)44/h3-5,7,9-14,16,18-19,21,23H,6,8,15,17,20,22H2,1-2H3,(H,39,46)/t23-/m1/s1. The topological polar surface area (TPSA) is 94.7 Å². The molecule has 0 aliphatic heterocycles. The van der Waals surface area contributed by atoms with E-state index in [4.69, 9.17) is 4.98 Å². The summed E-state index contributed by atoms with van der Waals surface area (Å²) in [6.07, 6.45) is 4.92. The number of hydrogen-bond acceptors (Lipinski definition) is 8. The summed E-state index contributed by atoms with van der Waals surface area (Å²) in [5.41, 5.74) is 6.27. The lowest BCUT2D eigenvalue weighted by atomic mass is 9.96.